The van der Waals surface area contributed by atoms with E-state index in [2.05, 4.69) is 5.32 Å². The van der Waals surface area contributed by atoms with E-state index in [0.717, 1.165) is 0 Å². The number of aryl methyl sites for hydroxylation is 1. The summed E-state index contributed by atoms with van der Waals surface area (Å²) in [4.78, 5) is 22.8. The van der Waals surface area contributed by atoms with Crippen LogP contribution in [0.2, 0.25) is 0 Å². The molecule has 0 unspecified atom stereocenters. The molecule has 6 heteroatoms. The van der Waals surface area contributed by atoms with E-state index in [0.29, 0.717) is 11.1 Å². The number of rotatable bonds is 4. The van der Waals surface area contributed by atoms with Crippen LogP contribution in [0.4, 0.5) is 10.1 Å². The van der Waals surface area contributed by atoms with Gasteiger partial charge in [-0.05, 0) is 37.6 Å². The number of hydrogen-bond donors (Lipinski definition) is 1. The molecule has 0 fully saturated rings. The van der Waals surface area contributed by atoms with E-state index in [9.17, 15) is 19.3 Å². The number of nitro groups is 1. The summed E-state index contributed by atoms with van der Waals surface area (Å²) in [5.41, 5.74) is 0.947. The van der Waals surface area contributed by atoms with Crippen molar-refractivity contribution in [2.24, 2.45) is 0 Å². The number of halogens is 1. The highest BCUT2D eigenvalue weighted by atomic mass is 19.1. The first-order chi connectivity index (χ1) is 10.4. The lowest BCUT2D eigenvalue weighted by Gasteiger charge is -2.14. The molecule has 1 N–H and O–H groups in total. The second-order valence-corrected chi connectivity index (χ2v) is 4.97. The first-order valence-corrected chi connectivity index (χ1v) is 6.70. The van der Waals surface area contributed by atoms with Crippen LogP contribution in [0, 0.1) is 22.9 Å². The van der Waals surface area contributed by atoms with Crippen LogP contribution in [0.5, 0.6) is 0 Å². The van der Waals surface area contributed by atoms with Crippen LogP contribution in [-0.4, -0.2) is 10.8 Å². The number of amides is 1. The number of para-hydroxylation sites is 1. The zero-order valence-corrected chi connectivity index (χ0v) is 12.2. The smallest absolute Gasteiger partial charge is 0.285 e. The zero-order chi connectivity index (χ0) is 16.3. The minimum atomic E-state index is -0.563. The Labute approximate surface area is 126 Å². The van der Waals surface area contributed by atoms with E-state index in [-0.39, 0.29) is 17.1 Å². The van der Waals surface area contributed by atoms with Gasteiger partial charge < -0.3 is 5.32 Å². The second kappa shape index (κ2) is 6.34. The van der Waals surface area contributed by atoms with Crippen molar-refractivity contribution < 1.29 is 14.1 Å². The molecule has 2 aromatic rings. The van der Waals surface area contributed by atoms with Crippen LogP contribution < -0.4 is 5.32 Å². The number of nitrogens with one attached hydrogen (secondary N) is 1. The van der Waals surface area contributed by atoms with E-state index in [1.165, 1.54) is 18.2 Å². The van der Waals surface area contributed by atoms with Crippen molar-refractivity contribution in [3.05, 3.63) is 75.1 Å². The van der Waals surface area contributed by atoms with Gasteiger partial charge in [0, 0.05) is 5.56 Å². The molecule has 0 aliphatic heterocycles. The summed E-state index contributed by atoms with van der Waals surface area (Å²) < 4.78 is 12.9. The molecule has 2 aromatic carbocycles. The quantitative estimate of drug-likeness (QED) is 0.693. The van der Waals surface area contributed by atoms with Crippen molar-refractivity contribution in [1.29, 1.82) is 0 Å². The Morgan fingerprint density at radius 2 is 1.86 bits per heavy atom. The third-order valence-electron chi connectivity index (χ3n) is 3.38. The van der Waals surface area contributed by atoms with E-state index in [4.69, 9.17) is 0 Å². The molecule has 0 saturated carbocycles. The summed E-state index contributed by atoms with van der Waals surface area (Å²) in [6.45, 7) is 3.31. The first-order valence-electron chi connectivity index (χ1n) is 6.70. The molecule has 0 aliphatic rings. The molecule has 2 rings (SSSR count). The van der Waals surface area contributed by atoms with Gasteiger partial charge in [0.2, 0.25) is 0 Å². The summed E-state index contributed by atoms with van der Waals surface area (Å²) in [5, 5.41) is 13.8. The van der Waals surface area contributed by atoms with E-state index in [1.54, 1.807) is 38.1 Å². The van der Waals surface area contributed by atoms with Crippen LogP contribution in [0.1, 0.15) is 34.5 Å². The fraction of sp³-hybridized carbons (Fsp3) is 0.188. The average molecular weight is 302 g/mol. The minimum absolute atomic E-state index is 0.0129. The molecule has 0 saturated heterocycles. The van der Waals surface area contributed by atoms with Gasteiger partial charge in [-0.1, -0.05) is 24.3 Å². The number of nitro benzene ring substituents is 1. The number of carbonyl (C=O) groups is 1. The predicted molar refractivity (Wildman–Crippen MR) is 80.1 cm³/mol. The molecule has 0 heterocycles. The fourth-order valence-electron chi connectivity index (χ4n) is 2.19. The van der Waals surface area contributed by atoms with E-state index < -0.39 is 16.9 Å². The maximum atomic E-state index is 12.9. The second-order valence-electron chi connectivity index (χ2n) is 4.97. The molecular weight excluding hydrogens is 287 g/mol. The molecule has 0 aliphatic carbocycles. The maximum absolute atomic E-state index is 12.9. The van der Waals surface area contributed by atoms with E-state index >= 15 is 0 Å². The summed E-state index contributed by atoms with van der Waals surface area (Å²) in [5.74, 6) is -0.899. The minimum Gasteiger partial charge on any atom is -0.345 e. The average Bonchev–Trinajstić information content (AvgIpc) is 2.47. The lowest BCUT2D eigenvalue weighted by molar-refractivity contribution is -0.385. The van der Waals surface area contributed by atoms with Gasteiger partial charge in [-0.25, -0.2) is 4.39 Å². The third kappa shape index (κ3) is 3.28. The van der Waals surface area contributed by atoms with Gasteiger partial charge in [-0.3, -0.25) is 14.9 Å². The molecule has 0 bridgehead atoms. The topological polar surface area (TPSA) is 72.2 Å². The predicted octanol–water partition coefficient (Wildman–Crippen LogP) is 3.53. The van der Waals surface area contributed by atoms with Gasteiger partial charge in [0.05, 0.1) is 11.0 Å². The van der Waals surface area contributed by atoms with Crippen molar-refractivity contribution in [3.8, 4) is 0 Å². The Kier molecular flexibility index (Phi) is 4.50. The van der Waals surface area contributed by atoms with Gasteiger partial charge >= 0.3 is 0 Å². The van der Waals surface area contributed by atoms with E-state index in [1.807, 2.05) is 0 Å². The van der Waals surface area contributed by atoms with Gasteiger partial charge in [-0.2, -0.15) is 0 Å². The number of hydrogen-bond acceptors (Lipinski definition) is 3. The van der Waals surface area contributed by atoms with Crippen LogP contribution >= 0.6 is 0 Å². The normalized spacial score (nSPS) is 11.8. The number of benzene rings is 2. The van der Waals surface area contributed by atoms with Crippen molar-refractivity contribution in [2.45, 2.75) is 19.9 Å². The molecule has 114 valence electrons. The Bertz CT molecular complexity index is 714. The van der Waals surface area contributed by atoms with Crippen molar-refractivity contribution in [2.75, 3.05) is 0 Å². The van der Waals surface area contributed by atoms with Crippen LogP contribution in [0.3, 0.4) is 0 Å². The van der Waals surface area contributed by atoms with Gasteiger partial charge in [0.1, 0.15) is 11.4 Å². The maximum Gasteiger partial charge on any atom is 0.285 e. The highest BCUT2D eigenvalue weighted by molar-refractivity contribution is 5.98. The van der Waals surface area contributed by atoms with Crippen LogP contribution in [-0.2, 0) is 0 Å². The van der Waals surface area contributed by atoms with Crippen molar-refractivity contribution >= 4 is 11.6 Å². The SMILES string of the molecule is Cc1cccc(C(=O)N[C@H](C)c2ccc(F)cc2)c1[N+](=O)[O-]. The molecule has 5 nitrogen and oxygen atoms in total. The summed E-state index contributed by atoms with van der Waals surface area (Å²) in [6, 6.07) is 9.92. The highest BCUT2D eigenvalue weighted by Gasteiger charge is 2.23. The van der Waals surface area contributed by atoms with Gasteiger partial charge in [-0.15, -0.1) is 0 Å². The molecule has 0 spiro atoms. The Hall–Kier alpha value is -2.76. The summed E-state index contributed by atoms with van der Waals surface area (Å²) >= 11 is 0. The molecule has 0 aromatic heterocycles. The highest BCUT2D eigenvalue weighted by Crippen LogP contribution is 2.24. The van der Waals surface area contributed by atoms with Gasteiger partial charge in [0.15, 0.2) is 0 Å². The largest absolute Gasteiger partial charge is 0.345 e. The standard InChI is InChI=1S/C16H15FN2O3/c1-10-4-3-5-14(15(10)19(21)22)16(20)18-11(2)12-6-8-13(17)9-7-12/h3-9,11H,1-2H3,(H,18,20)/t11-/m1/s1. The monoisotopic (exact) mass is 302 g/mol. The summed E-state index contributed by atoms with van der Waals surface area (Å²) in [7, 11) is 0. The molecule has 1 amide bonds. The van der Waals surface area contributed by atoms with Gasteiger partial charge in [0.25, 0.3) is 11.6 Å². The molecular formula is C16H15FN2O3. The zero-order valence-electron chi connectivity index (χ0n) is 12.2. The van der Waals surface area contributed by atoms with Crippen LogP contribution in [0.25, 0.3) is 0 Å². The number of nitrogens with zero attached hydrogens (tertiary/aromatic N) is 1. The Morgan fingerprint density at radius 1 is 1.23 bits per heavy atom. The lowest BCUT2D eigenvalue weighted by Crippen LogP contribution is -2.27. The third-order valence-corrected chi connectivity index (χ3v) is 3.38. The molecule has 22 heavy (non-hydrogen) atoms. The Morgan fingerprint density at radius 3 is 2.45 bits per heavy atom. The van der Waals surface area contributed by atoms with Crippen molar-refractivity contribution in [1.82, 2.24) is 5.32 Å². The van der Waals surface area contributed by atoms with Crippen LogP contribution in [0.15, 0.2) is 42.5 Å². The number of carbonyl (C=O) groups excluding carboxylic acids is 1. The molecule has 1 atom stereocenters. The summed E-state index contributed by atoms with van der Waals surface area (Å²) in [6.07, 6.45) is 0. The Balaban J connectivity index is 2.24. The fourth-order valence-corrected chi connectivity index (χ4v) is 2.19. The molecule has 0 radical (unpaired) electrons. The van der Waals surface area contributed by atoms with Crippen molar-refractivity contribution in [3.63, 3.8) is 0 Å². The first kappa shape index (κ1) is 15.6. The lowest BCUT2D eigenvalue weighted by atomic mass is 10.1.